The van der Waals surface area contributed by atoms with E-state index in [1.807, 2.05) is 6.07 Å². The Balaban J connectivity index is 1.61. The minimum Gasteiger partial charge on any atom is -0.445 e. The zero-order chi connectivity index (χ0) is 18.5. The number of nitrogens with one attached hydrogen (secondary N) is 1. The fourth-order valence-electron chi connectivity index (χ4n) is 3.16. The molecule has 0 bridgehead atoms. The number of hydrogen-bond donors (Lipinski definition) is 1. The van der Waals surface area contributed by atoms with E-state index in [9.17, 15) is 14.0 Å². The highest BCUT2D eigenvalue weighted by molar-refractivity contribution is 5.83. The first-order valence-corrected chi connectivity index (χ1v) is 8.72. The molecule has 6 nitrogen and oxygen atoms in total. The van der Waals surface area contributed by atoms with Gasteiger partial charge in [-0.15, -0.1) is 0 Å². The highest BCUT2D eigenvalue weighted by atomic mass is 19.1. The molecule has 0 aliphatic carbocycles. The number of oxazole rings is 1. The van der Waals surface area contributed by atoms with Crippen molar-refractivity contribution in [3.8, 4) is 0 Å². The van der Waals surface area contributed by atoms with Crippen LogP contribution in [0.1, 0.15) is 42.9 Å². The number of piperidine rings is 1. The highest BCUT2D eigenvalue weighted by Gasteiger charge is 2.27. The molecule has 2 heterocycles. The highest BCUT2D eigenvalue weighted by Crippen LogP contribution is 2.27. The first-order chi connectivity index (χ1) is 12.5. The van der Waals surface area contributed by atoms with Crippen molar-refractivity contribution < 1.29 is 18.4 Å². The Morgan fingerprint density at radius 2 is 2.27 bits per heavy atom. The molecule has 3 rings (SSSR count). The van der Waals surface area contributed by atoms with Gasteiger partial charge in [-0.2, -0.15) is 0 Å². The Labute approximate surface area is 151 Å². The summed E-state index contributed by atoms with van der Waals surface area (Å²) in [5.74, 6) is 0.716. The molecule has 1 aliphatic heterocycles. The van der Waals surface area contributed by atoms with Crippen LogP contribution in [0.25, 0.3) is 0 Å². The predicted molar refractivity (Wildman–Crippen MR) is 92.9 cm³/mol. The number of nitrogens with zero attached hydrogens (tertiary/aromatic N) is 2. The van der Waals surface area contributed by atoms with Crippen LogP contribution in [0.5, 0.6) is 0 Å². The van der Waals surface area contributed by atoms with Crippen LogP contribution in [0.15, 0.2) is 34.9 Å². The zero-order valence-electron chi connectivity index (χ0n) is 14.7. The van der Waals surface area contributed by atoms with Gasteiger partial charge in [0.05, 0.1) is 18.7 Å². The summed E-state index contributed by atoms with van der Waals surface area (Å²) in [6, 6.07) is 6.39. The largest absolute Gasteiger partial charge is 0.445 e. The van der Waals surface area contributed by atoms with Crippen molar-refractivity contribution in [2.75, 3.05) is 19.6 Å². The summed E-state index contributed by atoms with van der Waals surface area (Å²) in [6.45, 7) is 2.60. The molecule has 7 heteroatoms. The van der Waals surface area contributed by atoms with Gasteiger partial charge in [0.2, 0.25) is 11.8 Å². The first-order valence-electron chi connectivity index (χ1n) is 8.72. The van der Waals surface area contributed by atoms with Gasteiger partial charge in [0.1, 0.15) is 11.6 Å². The molecule has 0 spiro atoms. The first kappa shape index (κ1) is 18.1. The third-order valence-electron chi connectivity index (χ3n) is 4.45. The molecule has 2 aromatic rings. The third kappa shape index (κ3) is 4.68. The smallest absolute Gasteiger partial charge is 0.241 e. The molecule has 26 heavy (non-hydrogen) atoms. The number of halogens is 1. The summed E-state index contributed by atoms with van der Waals surface area (Å²) in [5, 5.41) is 2.53. The lowest BCUT2D eigenvalue weighted by molar-refractivity contribution is -0.133. The Morgan fingerprint density at radius 1 is 1.42 bits per heavy atom. The van der Waals surface area contributed by atoms with E-state index in [-0.39, 0.29) is 30.1 Å². The molecule has 1 saturated heterocycles. The lowest BCUT2D eigenvalue weighted by Gasteiger charge is -2.31. The molecule has 0 unspecified atom stereocenters. The van der Waals surface area contributed by atoms with Crippen molar-refractivity contribution in [3.05, 3.63) is 53.5 Å². The maximum atomic E-state index is 13.3. The number of carbonyl (C=O) groups is 2. The lowest BCUT2D eigenvalue weighted by atomic mass is 9.98. The van der Waals surface area contributed by atoms with Crippen LogP contribution in [0.3, 0.4) is 0 Å². The van der Waals surface area contributed by atoms with E-state index >= 15 is 0 Å². The Morgan fingerprint density at radius 3 is 3.04 bits per heavy atom. The Hall–Kier alpha value is -2.70. The van der Waals surface area contributed by atoms with Crippen molar-refractivity contribution in [1.82, 2.24) is 15.2 Å². The van der Waals surface area contributed by atoms with E-state index in [2.05, 4.69) is 10.3 Å². The average Bonchev–Trinajstić information content (AvgIpc) is 3.08. The van der Waals surface area contributed by atoms with Crippen LogP contribution in [-0.4, -0.2) is 41.3 Å². The van der Waals surface area contributed by atoms with Gasteiger partial charge in [-0.1, -0.05) is 12.1 Å². The van der Waals surface area contributed by atoms with Crippen LogP contribution in [0.2, 0.25) is 0 Å². The molecule has 1 aliphatic rings. The van der Waals surface area contributed by atoms with E-state index < -0.39 is 0 Å². The van der Waals surface area contributed by atoms with Crippen LogP contribution >= 0.6 is 0 Å². The monoisotopic (exact) mass is 359 g/mol. The minimum absolute atomic E-state index is 0.0124. The molecule has 1 N–H and O–H groups in total. The summed E-state index contributed by atoms with van der Waals surface area (Å²) in [4.78, 5) is 29.2. The van der Waals surface area contributed by atoms with Gasteiger partial charge in [0, 0.05) is 26.4 Å². The molecule has 1 aromatic heterocycles. The maximum Gasteiger partial charge on any atom is 0.241 e. The molecule has 1 fully saturated rings. The van der Waals surface area contributed by atoms with Crippen molar-refractivity contribution in [1.29, 1.82) is 0 Å². The third-order valence-corrected chi connectivity index (χ3v) is 4.45. The summed E-state index contributed by atoms with van der Waals surface area (Å²) in [5.41, 5.74) is 0.823. The van der Waals surface area contributed by atoms with Gasteiger partial charge in [-0.05, 0) is 30.5 Å². The predicted octanol–water partition coefficient (Wildman–Crippen LogP) is 2.25. The maximum absolute atomic E-state index is 13.3. The number of carbonyl (C=O) groups excluding carboxylic acids is 2. The molecule has 1 aromatic carbocycles. The SMILES string of the molecule is CC(=O)NCC(=O)N1CCC[C@@H](c2ncc(Cc3cccc(F)c3)o2)C1. The second kappa shape index (κ2) is 8.12. The average molecular weight is 359 g/mol. The van der Waals surface area contributed by atoms with Crippen molar-refractivity contribution in [2.45, 2.75) is 32.1 Å². The van der Waals surface area contributed by atoms with E-state index in [0.717, 1.165) is 18.4 Å². The molecule has 0 saturated carbocycles. The van der Waals surface area contributed by atoms with Crippen molar-refractivity contribution in [2.24, 2.45) is 0 Å². The van der Waals surface area contributed by atoms with Gasteiger partial charge in [0.15, 0.2) is 5.89 Å². The Bertz CT molecular complexity index is 790. The van der Waals surface area contributed by atoms with Gasteiger partial charge in [-0.25, -0.2) is 9.37 Å². The summed E-state index contributed by atoms with van der Waals surface area (Å²) < 4.78 is 19.1. The summed E-state index contributed by atoms with van der Waals surface area (Å²) in [6.07, 6.45) is 3.89. The fraction of sp³-hybridized carbons (Fsp3) is 0.421. The number of benzene rings is 1. The molecular weight excluding hydrogens is 337 g/mol. The topological polar surface area (TPSA) is 75.4 Å². The Kier molecular flexibility index (Phi) is 5.65. The van der Waals surface area contributed by atoms with Crippen LogP contribution in [0, 0.1) is 5.82 Å². The van der Waals surface area contributed by atoms with Crippen molar-refractivity contribution in [3.63, 3.8) is 0 Å². The lowest BCUT2D eigenvalue weighted by Crippen LogP contribution is -2.44. The quantitative estimate of drug-likeness (QED) is 0.888. The van der Waals surface area contributed by atoms with Crippen LogP contribution in [-0.2, 0) is 16.0 Å². The normalized spacial score (nSPS) is 17.2. The molecule has 138 valence electrons. The van der Waals surface area contributed by atoms with Crippen molar-refractivity contribution >= 4 is 11.8 Å². The standard InChI is InChI=1S/C19H22FN3O3/c1-13(24)21-11-18(25)23-7-3-5-15(12-23)19-22-10-17(26-19)9-14-4-2-6-16(20)8-14/h2,4,6,8,10,15H,3,5,7,9,11-12H2,1H3,(H,21,24)/t15-/m1/s1. The van der Waals surface area contributed by atoms with Gasteiger partial charge in [0.25, 0.3) is 0 Å². The van der Waals surface area contributed by atoms with Gasteiger partial charge < -0.3 is 14.6 Å². The van der Waals surface area contributed by atoms with E-state index in [0.29, 0.717) is 31.2 Å². The van der Waals surface area contributed by atoms with E-state index in [4.69, 9.17) is 4.42 Å². The summed E-state index contributed by atoms with van der Waals surface area (Å²) in [7, 11) is 0. The summed E-state index contributed by atoms with van der Waals surface area (Å²) >= 11 is 0. The number of aromatic nitrogens is 1. The second-order valence-electron chi connectivity index (χ2n) is 6.56. The fourth-order valence-corrected chi connectivity index (χ4v) is 3.16. The number of rotatable bonds is 5. The van der Waals surface area contributed by atoms with E-state index in [1.165, 1.54) is 19.1 Å². The molecule has 0 radical (unpaired) electrons. The van der Waals surface area contributed by atoms with Crippen LogP contribution < -0.4 is 5.32 Å². The number of likely N-dealkylation sites (tertiary alicyclic amines) is 1. The van der Waals surface area contributed by atoms with E-state index in [1.54, 1.807) is 17.2 Å². The van der Waals surface area contributed by atoms with Gasteiger partial charge in [-0.3, -0.25) is 9.59 Å². The number of hydrogen-bond acceptors (Lipinski definition) is 4. The molecule has 2 amide bonds. The zero-order valence-corrected chi connectivity index (χ0v) is 14.7. The van der Waals surface area contributed by atoms with Gasteiger partial charge >= 0.3 is 0 Å². The molecule has 1 atom stereocenters. The second-order valence-corrected chi connectivity index (χ2v) is 6.56. The molecular formula is C19H22FN3O3. The van der Waals surface area contributed by atoms with Crippen LogP contribution in [0.4, 0.5) is 4.39 Å². The minimum atomic E-state index is -0.275. The number of amides is 2.